The Hall–Kier alpha value is -2.90. The molecule has 0 atom stereocenters. The third kappa shape index (κ3) is 6.74. The van der Waals surface area contributed by atoms with Crippen molar-refractivity contribution in [2.45, 2.75) is 13.2 Å². The van der Waals surface area contributed by atoms with Crippen LogP contribution in [0.25, 0.3) is 0 Å². The summed E-state index contributed by atoms with van der Waals surface area (Å²) in [4.78, 5) is 20.0. The molecule has 0 fully saturated rings. The number of carbonyl (C=O) groups excluding carboxylic acids is 1. The molecule has 0 bridgehead atoms. The summed E-state index contributed by atoms with van der Waals surface area (Å²) >= 11 is 0. The van der Waals surface area contributed by atoms with E-state index in [1.165, 1.54) is 12.5 Å². The van der Waals surface area contributed by atoms with Gasteiger partial charge < -0.3 is 29.7 Å². The highest BCUT2D eigenvalue weighted by atomic mass is 16.6. The summed E-state index contributed by atoms with van der Waals surface area (Å²) in [5, 5.41) is 10.3. The molecule has 2 aromatic rings. The molecular weight excluding hydrogens is 268 g/mol. The van der Waals surface area contributed by atoms with Crippen LogP contribution in [0.3, 0.4) is 0 Å². The molecule has 0 aliphatic carbocycles. The number of hydrogen-bond acceptors (Lipinski definition) is 5. The van der Waals surface area contributed by atoms with E-state index in [2.05, 4.69) is 10.1 Å². The predicted molar refractivity (Wildman–Crippen MR) is 66.7 cm³/mol. The summed E-state index contributed by atoms with van der Waals surface area (Å²) < 4.78 is 14.1. The number of amides is 2. The molecule has 2 amide bonds. The fourth-order valence-corrected chi connectivity index (χ4v) is 1.11. The summed E-state index contributed by atoms with van der Waals surface area (Å²) in [5.74, 6) is 1.20. The van der Waals surface area contributed by atoms with Crippen molar-refractivity contribution in [2.24, 2.45) is 5.73 Å². The summed E-state index contributed by atoms with van der Waals surface area (Å²) in [7, 11) is 0. The van der Waals surface area contributed by atoms with Gasteiger partial charge in [-0.15, -0.1) is 0 Å². The molecule has 8 heteroatoms. The standard InChI is InChI=1S/2C6H7NO3/c7-6(8)10-4-5-2-1-3-9-5;8-6(9)7-4-5-2-1-3-10-5/h1-3H,4H2,(H2,7,8);1-3,7H,4H2,(H,8,9). The Balaban J connectivity index is 0.000000200. The number of furan rings is 2. The molecule has 0 aliphatic heterocycles. The molecule has 2 aromatic heterocycles. The van der Waals surface area contributed by atoms with Crippen LogP contribution in [0.15, 0.2) is 45.6 Å². The van der Waals surface area contributed by atoms with E-state index in [1.807, 2.05) is 0 Å². The van der Waals surface area contributed by atoms with Gasteiger partial charge in [-0.05, 0) is 24.3 Å². The number of ether oxygens (including phenoxy) is 1. The van der Waals surface area contributed by atoms with Gasteiger partial charge in [0.25, 0.3) is 0 Å². The summed E-state index contributed by atoms with van der Waals surface area (Å²) in [6.07, 6.45) is 1.16. The second-order valence-electron chi connectivity index (χ2n) is 3.43. The van der Waals surface area contributed by atoms with E-state index >= 15 is 0 Å². The average molecular weight is 282 g/mol. The van der Waals surface area contributed by atoms with Crippen molar-refractivity contribution >= 4 is 12.2 Å². The first-order valence-electron chi connectivity index (χ1n) is 5.51. The van der Waals surface area contributed by atoms with E-state index < -0.39 is 12.2 Å². The van der Waals surface area contributed by atoms with Gasteiger partial charge in [-0.2, -0.15) is 0 Å². The maximum Gasteiger partial charge on any atom is 0.405 e. The zero-order chi connectivity index (χ0) is 14.8. The minimum atomic E-state index is -1.04. The predicted octanol–water partition coefficient (Wildman–Crippen LogP) is 1.92. The van der Waals surface area contributed by atoms with E-state index in [1.54, 1.807) is 24.3 Å². The highest BCUT2D eigenvalue weighted by Gasteiger charge is 1.97. The minimum absolute atomic E-state index is 0.0995. The van der Waals surface area contributed by atoms with Crippen molar-refractivity contribution in [2.75, 3.05) is 0 Å². The average Bonchev–Trinajstić information content (AvgIpc) is 3.08. The van der Waals surface area contributed by atoms with Crippen LogP contribution in [-0.2, 0) is 17.9 Å². The molecule has 0 aliphatic rings. The van der Waals surface area contributed by atoms with Crippen molar-refractivity contribution in [1.82, 2.24) is 5.32 Å². The van der Waals surface area contributed by atoms with Gasteiger partial charge in [0, 0.05) is 0 Å². The maximum absolute atomic E-state index is 10.1. The lowest BCUT2D eigenvalue weighted by Crippen LogP contribution is -2.19. The highest BCUT2D eigenvalue weighted by molar-refractivity contribution is 5.64. The van der Waals surface area contributed by atoms with Crippen LogP contribution < -0.4 is 11.1 Å². The van der Waals surface area contributed by atoms with Crippen molar-refractivity contribution in [3.05, 3.63) is 48.3 Å². The van der Waals surface area contributed by atoms with E-state index in [-0.39, 0.29) is 13.2 Å². The third-order valence-electron chi connectivity index (χ3n) is 1.93. The second-order valence-corrected chi connectivity index (χ2v) is 3.43. The molecule has 0 saturated heterocycles. The number of carbonyl (C=O) groups is 2. The van der Waals surface area contributed by atoms with Gasteiger partial charge in [-0.3, -0.25) is 0 Å². The molecule has 108 valence electrons. The summed E-state index contributed by atoms with van der Waals surface area (Å²) in [5.41, 5.74) is 4.71. The minimum Gasteiger partial charge on any atom is -0.467 e. The molecule has 0 spiro atoms. The third-order valence-corrected chi connectivity index (χ3v) is 1.93. The lowest BCUT2D eigenvalue weighted by atomic mass is 10.4. The normalized spacial score (nSPS) is 9.20. The molecule has 0 aromatic carbocycles. The zero-order valence-corrected chi connectivity index (χ0v) is 10.4. The lowest BCUT2D eigenvalue weighted by Gasteiger charge is -1.95. The largest absolute Gasteiger partial charge is 0.467 e. The Morgan fingerprint density at radius 1 is 1.20 bits per heavy atom. The molecule has 8 nitrogen and oxygen atoms in total. The number of rotatable bonds is 4. The Morgan fingerprint density at radius 3 is 2.25 bits per heavy atom. The molecule has 0 saturated carbocycles. The highest BCUT2D eigenvalue weighted by Crippen LogP contribution is 2.00. The first-order valence-corrected chi connectivity index (χ1v) is 5.51. The van der Waals surface area contributed by atoms with Crippen LogP contribution in [0.4, 0.5) is 9.59 Å². The smallest absolute Gasteiger partial charge is 0.405 e. The monoisotopic (exact) mass is 282 g/mol. The number of primary amides is 1. The van der Waals surface area contributed by atoms with Gasteiger partial charge in [0.05, 0.1) is 19.1 Å². The number of nitrogens with two attached hydrogens (primary N) is 1. The summed E-state index contributed by atoms with van der Waals surface area (Å²) in [6.45, 7) is 0.324. The van der Waals surface area contributed by atoms with Gasteiger partial charge in [-0.25, -0.2) is 9.59 Å². The Bertz CT molecular complexity index is 458. The zero-order valence-electron chi connectivity index (χ0n) is 10.4. The fourth-order valence-electron chi connectivity index (χ4n) is 1.11. The Kier molecular flexibility index (Phi) is 6.25. The van der Waals surface area contributed by atoms with Crippen LogP contribution in [0.1, 0.15) is 11.5 Å². The molecular formula is C12H14N2O6. The van der Waals surface area contributed by atoms with Crippen LogP contribution in [0, 0.1) is 0 Å². The van der Waals surface area contributed by atoms with Gasteiger partial charge in [-0.1, -0.05) is 0 Å². The Morgan fingerprint density at radius 2 is 1.80 bits per heavy atom. The molecule has 2 rings (SSSR count). The second kappa shape index (κ2) is 8.25. The molecule has 0 radical (unpaired) electrons. The first kappa shape index (κ1) is 15.2. The van der Waals surface area contributed by atoms with Gasteiger partial charge in [0.2, 0.25) is 0 Å². The SMILES string of the molecule is NC(=O)OCc1ccco1.O=C(O)NCc1ccco1. The van der Waals surface area contributed by atoms with E-state index in [0.717, 1.165) is 0 Å². The van der Waals surface area contributed by atoms with Crippen molar-refractivity contribution in [3.8, 4) is 0 Å². The van der Waals surface area contributed by atoms with Crippen molar-refractivity contribution < 1.29 is 28.3 Å². The topological polar surface area (TPSA) is 128 Å². The van der Waals surface area contributed by atoms with E-state index in [0.29, 0.717) is 11.5 Å². The quantitative estimate of drug-likeness (QED) is 0.785. The van der Waals surface area contributed by atoms with Crippen molar-refractivity contribution in [3.63, 3.8) is 0 Å². The van der Waals surface area contributed by atoms with Crippen LogP contribution in [-0.4, -0.2) is 17.3 Å². The number of carboxylic acid groups (broad SMARTS) is 1. The molecule has 0 unspecified atom stereocenters. The van der Waals surface area contributed by atoms with Crippen LogP contribution >= 0.6 is 0 Å². The summed E-state index contributed by atoms with van der Waals surface area (Å²) in [6, 6.07) is 6.82. The van der Waals surface area contributed by atoms with Gasteiger partial charge >= 0.3 is 12.2 Å². The molecule has 2 heterocycles. The maximum atomic E-state index is 10.1. The molecule has 4 N–H and O–H groups in total. The van der Waals surface area contributed by atoms with Gasteiger partial charge in [0.1, 0.15) is 11.5 Å². The molecule has 20 heavy (non-hydrogen) atoms. The Labute approximate surface area is 114 Å². The van der Waals surface area contributed by atoms with Crippen LogP contribution in [0.2, 0.25) is 0 Å². The lowest BCUT2D eigenvalue weighted by molar-refractivity contribution is 0.141. The van der Waals surface area contributed by atoms with E-state index in [4.69, 9.17) is 19.7 Å². The van der Waals surface area contributed by atoms with E-state index in [9.17, 15) is 9.59 Å². The van der Waals surface area contributed by atoms with Crippen molar-refractivity contribution in [1.29, 1.82) is 0 Å². The number of nitrogens with one attached hydrogen (secondary N) is 1. The van der Waals surface area contributed by atoms with Crippen LogP contribution in [0.5, 0.6) is 0 Å². The first-order chi connectivity index (χ1) is 9.58. The van der Waals surface area contributed by atoms with Gasteiger partial charge in [0.15, 0.2) is 6.61 Å². The number of hydrogen-bond donors (Lipinski definition) is 3. The fraction of sp³-hybridized carbons (Fsp3) is 0.167.